The first-order chi connectivity index (χ1) is 12.3. The molecule has 4 aromatic rings. The zero-order valence-electron chi connectivity index (χ0n) is 13.3. The zero-order chi connectivity index (χ0) is 17.2. The van der Waals surface area contributed by atoms with E-state index in [1.54, 1.807) is 30.5 Å². The molecule has 3 aromatic heterocycles. The Kier molecular flexibility index (Phi) is 3.74. The third-order valence-corrected chi connectivity index (χ3v) is 3.57. The molecule has 0 aliphatic heterocycles. The van der Waals surface area contributed by atoms with E-state index in [9.17, 15) is 4.79 Å². The minimum Gasteiger partial charge on any atom is -0.490 e. The summed E-state index contributed by atoms with van der Waals surface area (Å²) in [4.78, 5) is 20.8. The van der Waals surface area contributed by atoms with Gasteiger partial charge in [0, 0.05) is 11.6 Å². The average molecular weight is 335 g/mol. The highest BCUT2D eigenvalue weighted by molar-refractivity contribution is 5.85. The number of fused-ring (bicyclic) bond motifs is 1. The summed E-state index contributed by atoms with van der Waals surface area (Å²) in [5.41, 5.74) is 0.565. The Morgan fingerprint density at radius 2 is 2.08 bits per heavy atom. The highest BCUT2D eigenvalue weighted by atomic mass is 16.5. The first-order valence-electron chi connectivity index (χ1n) is 7.71. The van der Waals surface area contributed by atoms with Gasteiger partial charge in [0.25, 0.3) is 5.89 Å². The summed E-state index contributed by atoms with van der Waals surface area (Å²) in [6.45, 7) is 2.34. The minimum atomic E-state index is -0.573. The van der Waals surface area contributed by atoms with Gasteiger partial charge >= 0.3 is 5.63 Å². The van der Waals surface area contributed by atoms with Crippen molar-refractivity contribution in [2.24, 2.45) is 0 Å². The molecule has 1 aromatic carbocycles. The Morgan fingerprint density at radius 1 is 1.16 bits per heavy atom. The Morgan fingerprint density at radius 3 is 2.88 bits per heavy atom. The monoisotopic (exact) mass is 335 g/mol. The van der Waals surface area contributed by atoms with Gasteiger partial charge in [0.15, 0.2) is 11.3 Å². The van der Waals surface area contributed by atoms with Gasteiger partial charge in [-0.15, -0.1) is 0 Å². The van der Waals surface area contributed by atoms with Gasteiger partial charge in [-0.2, -0.15) is 4.98 Å². The van der Waals surface area contributed by atoms with Crippen LogP contribution in [-0.4, -0.2) is 21.7 Å². The summed E-state index contributed by atoms with van der Waals surface area (Å²) < 4.78 is 16.1. The standard InChI is InChI=1S/C18H13N3O4/c1-2-23-14-8-5-6-11-10-12(18(22)24-15(11)14)17-20-16(21-25-17)13-7-3-4-9-19-13/h3-10H,2H2,1H3. The van der Waals surface area contributed by atoms with Crippen molar-refractivity contribution in [1.29, 1.82) is 0 Å². The molecule has 7 nitrogen and oxygen atoms in total. The molecular weight excluding hydrogens is 322 g/mol. The van der Waals surface area contributed by atoms with Gasteiger partial charge in [-0.1, -0.05) is 23.4 Å². The van der Waals surface area contributed by atoms with Crippen molar-refractivity contribution in [3.8, 4) is 28.7 Å². The first-order valence-corrected chi connectivity index (χ1v) is 7.71. The van der Waals surface area contributed by atoms with Crippen LogP contribution in [0.3, 0.4) is 0 Å². The molecule has 0 aliphatic carbocycles. The van der Waals surface area contributed by atoms with Gasteiger partial charge in [0.2, 0.25) is 5.82 Å². The molecular formula is C18H13N3O4. The van der Waals surface area contributed by atoms with Crippen molar-refractivity contribution >= 4 is 11.0 Å². The predicted molar refractivity (Wildman–Crippen MR) is 90.2 cm³/mol. The number of para-hydroxylation sites is 1. The van der Waals surface area contributed by atoms with Crippen molar-refractivity contribution in [2.45, 2.75) is 6.92 Å². The second kappa shape index (κ2) is 6.20. The van der Waals surface area contributed by atoms with Crippen LogP contribution in [0.5, 0.6) is 5.75 Å². The lowest BCUT2D eigenvalue weighted by Crippen LogP contribution is -2.04. The topological polar surface area (TPSA) is 91.3 Å². The Bertz CT molecular complexity index is 1090. The summed E-state index contributed by atoms with van der Waals surface area (Å²) in [7, 11) is 0. The van der Waals surface area contributed by atoms with Gasteiger partial charge < -0.3 is 13.7 Å². The lowest BCUT2D eigenvalue weighted by molar-refractivity contribution is 0.337. The van der Waals surface area contributed by atoms with E-state index in [1.807, 2.05) is 25.1 Å². The number of hydrogen-bond acceptors (Lipinski definition) is 7. The van der Waals surface area contributed by atoms with Crippen molar-refractivity contribution in [3.05, 3.63) is 59.1 Å². The highest BCUT2D eigenvalue weighted by Crippen LogP contribution is 2.27. The van der Waals surface area contributed by atoms with E-state index >= 15 is 0 Å². The number of aromatic nitrogens is 3. The molecule has 0 aliphatic rings. The van der Waals surface area contributed by atoms with Gasteiger partial charge in [-0.3, -0.25) is 4.98 Å². The van der Waals surface area contributed by atoms with Crippen LogP contribution in [-0.2, 0) is 0 Å². The van der Waals surface area contributed by atoms with Gasteiger partial charge in [0.1, 0.15) is 11.3 Å². The molecule has 0 saturated heterocycles. The molecule has 0 unspecified atom stereocenters. The van der Waals surface area contributed by atoms with Gasteiger partial charge in [-0.25, -0.2) is 4.79 Å². The van der Waals surface area contributed by atoms with Crippen LogP contribution in [0.25, 0.3) is 33.9 Å². The van der Waals surface area contributed by atoms with E-state index in [-0.39, 0.29) is 11.5 Å². The lowest BCUT2D eigenvalue weighted by Gasteiger charge is -2.05. The van der Waals surface area contributed by atoms with Gasteiger partial charge in [-0.05, 0) is 31.2 Å². The normalized spacial score (nSPS) is 10.9. The summed E-state index contributed by atoms with van der Waals surface area (Å²) >= 11 is 0. The van der Waals surface area contributed by atoms with Crippen LogP contribution in [0.4, 0.5) is 0 Å². The number of rotatable bonds is 4. The predicted octanol–water partition coefficient (Wildman–Crippen LogP) is 3.30. The van der Waals surface area contributed by atoms with Crippen molar-refractivity contribution in [2.75, 3.05) is 6.61 Å². The first kappa shape index (κ1) is 15.1. The molecule has 124 valence electrons. The molecule has 0 spiro atoms. The number of nitrogens with zero attached hydrogens (tertiary/aromatic N) is 3. The molecule has 0 saturated carbocycles. The summed E-state index contributed by atoms with van der Waals surface area (Å²) in [6, 6.07) is 12.4. The fourth-order valence-electron chi connectivity index (χ4n) is 2.47. The molecule has 0 N–H and O–H groups in total. The van der Waals surface area contributed by atoms with Crippen LogP contribution < -0.4 is 10.4 Å². The summed E-state index contributed by atoms with van der Waals surface area (Å²) in [5, 5.41) is 4.58. The second-order valence-electron chi connectivity index (χ2n) is 5.19. The van der Waals surface area contributed by atoms with Crippen molar-refractivity contribution < 1.29 is 13.7 Å². The highest BCUT2D eigenvalue weighted by Gasteiger charge is 2.17. The summed E-state index contributed by atoms with van der Waals surface area (Å²) in [5.74, 6) is 0.902. The number of pyridine rings is 1. The number of ether oxygens (including phenoxy) is 1. The lowest BCUT2D eigenvalue weighted by atomic mass is 10.1. The quantitative estimate of drug-likeness (QED) is 0.528. The second-order valence-corrected chi connectivity index (χ2v) is 5.19. The van der Waals surface area contributed by atoms with E-state index in [0.717, 1.165) is 0 Å². The van der Waals surface area contributed by atoms with Crippen LogP contribution in [0.2, 0.25) is 0 Å². The maximum atomic E-state index is 12.4. The SMILES string of the molecule is CCOc1cccc2cc(-c3nc(-c4ccccn4)no3)c(=O)oc12. The number of hydrogen-bond donors (Lipinski definition) is 0. The molecule has 0 bridgehead atoms. The fraction of sp³-hybridized carbons (Fsp3) is 0.111. The van der Waals surface area contributed by atoms with Crippen LogP contribution in [0, 0.1) is 0 Å². The Labute approximate surface area is 141 Å². The maximum absolute atomic E-state index is 12.4. The smallest absolute Gasteiger partial charge is 0.349 e. The third-order valence-electron chi connectivity index (χ3n) is 3.57. The van der Waals surface area contributed by atoms with Crippen LogP contribution in [0.15, 0.2) is 62.4 Å². The molecule has 0 amide bonds. The fourth-order valence-corrected chi connectivity index (χ4v) is 2.47. The molecule has 0 radical (unpaired) electrons. The van der Waals surface area contributed by atoms with E-state index in [2.05, 4.69) is 15.1 Å². The van der Waals surface area contributed by atoms with E-state index in [0.29, 0.717) is 34.8 Å². The molecule has 3 heterocycles. The third kappa shape index (κ3) is 2.76. The van der Waals surface area contributed by atoms with E-state index < -0.39 is 5.63 Å². The van der Waals surface area contributed by atoms with E-state index in [1.165, 1.54) is 0 Å². The van der Waals surface area contributed by atoms with Gasteiger partial charge in [0.05, 0.1) is 6.61 Å². The Balaban J connectivity index is 1.81. The maximum Gasteiger partial charge on any atom is 0.349 e. The molecule has 7 heteroatoms. The number of benzene rings is 1. The largest absolute Gasteiger partial charge is 0.490 e. The van der Waals surface area contributed by atoms with Crippen molar-refractivity contribution in [1.82, 2.24) is 15.1 Å². The molecule has 4 rings (SSSR count). The van der Waals surface area contributed by atoms with Crippen LogP contribution in [0.1, 0.15) is 6.92 Å². The molecule has 25 heavy (non-hydrogen) atoms. The molecule has 0 fully saturated rings. The Hall–Kier alpha value is -3.48. The molecule has 0 atom stereocenters. The van der Waals surface area contributed by atoms with Crippen molar-refractivity contribution in [3.63, 3.8) is 0 Å². The minimum absolute atomic E-state index is 0.0816. The zero-order valence-corrected chi connectivity index (χ0v) is 13.3. The van der Waals surface area contributed by atoms with E-state index in [4.69, 9.17) is 13.7 Å². The summed E-state index contributed by atoms with van der Waals surface area (Å²) in [6.07, 6.45) is 1.63. The average Bonchev–Trinajstić information content (AvgIpc) is 3.13. The van der Waals surface area contributed by atoms with Crippen LogP contribution >= 0.6 is 0 Å².